The Morgan fingerprint density at radius 1 is 1.24 bits per heavy atom. The number of carbonyl (C=O) groups excluding carboxylic acids is 2. The number of amides is 2. The van der Waals surface area contributed by atoms with Gasteiger partial charge in [-0.15, -0.1) is 6.58 Å². The maximum Gasteiger partial charge on any atom is 0.277 e. The number of rotatable bonds is 3. The van der Waals surface area contributed by atoms with Crippen LogP contribution in [0.2, 0.25) is 0 Å². The molecule has 25 heavy (non-hydrogen) atoms. The summed E-state index contributed by atoms with van der Waals surface area (Å²) >= 11 is 0. The van der Waals surface area contributed by atoms with Crippen LogP contribution in [-0.4, -0.2) is 27.6 Å². The van der Waals surface area contributed by atoms with Crippen molar-refractivity contribution in [1.29, 1.82) is 0 Å². The molecule has 6 heteroatoms. The second kappa shape index (κ2) is 5.60. The number of carbonyl (C=O) groups is 2. The van der Waals surface area contributed by atoms with Crippen LogP contribution in [-0.2, 0) is 15.0 Å². The number of hydrogen-bond donors (Lipinski definition) is 4. The van der Waals surface area contributed by atoms with E-state index in [0.29, 0.717) is 0 Å². The summed E-state index contributed by atoms with van der Waals surface area (Å²) in [6.45, 7) is 9.14. The van der Waals surface area contributed by atoms with Crippen LogP contribution in [0.15, 0.2) is 42.6 Å². The molecule has 0 aliphatic carbocycles. The van der Waals surface area contributed by atoms with Crippen LogP contribution >= 0.6 is 0 Å². The number of aliphatic hydroxyl groups is 1. The molecule has 1 aliphatic rings. The molecule has 0 saturated carbocycles. The lowest BCUT2D eigenvalue weighted by molar-refractivity contribution is -0.149. The molecule has 0 bridgehead atoms. The summed E-state index contributed by atoms with van der Waals surface area (Å²) in [5.41, 5.74) is 0.406. The van der Waals surface area contributed by atoms with Gasteiger partial charge in [0, 0.05) is 27.6 Å². The smallest absolute Gasteiger partial charge is 0.277 e. The summed E-state index contributed by atoms with van der Waals surface area (Å²) in [5, 5.41) is 15.6. The van der Waals surface area contributed by atoms with E-state index in [2.05, 4.69) is 22.2 Å². The Bertz CT molecular complexity index is 919. The van der Waals surface area contributed by atoms with Crippen molar-refractivity contribution < 1.29 is 14.7 Å². The highest BCUT2D eigenvalue weighted by atomic mass is 16.3. The highest BCUT2D eigenvalue weighted by Gasteiger charge is 2.39. The number of benzene rings is 1. The molecular weight excluding hydrogens is 318 g/mol. The molecule has 4 N–H and O–H groups in total. The molecule has 6 nitrogen and oxygen atoms in total. The summed E-state index contributed by atoms with van der Waals surface area (Å²) < 4.78 is 0. The van der Waals surface area contributed by atoms with Gasteiger partial charge in [-0.25, -0.2) is 0 Å². The SMILES string of the molecule is C=CC(C)(C)c1[nH]c2ccccc2c1/C=C1\NC(=O)[C@@](C)(O)NC1=O. The molecule has 2 heterocycles. The standard InChI is InChI=1S/C19H21N3O3/c1-5-18(2,3)15-12(11-8-6-7-9-13(11)20-15)10-14-16(23)22-19(4,25)17(24)21-14/h5-10,20,25H,1H2,2-4H3,(H,21,24)(H,22,23)/b14-10-/t19-/m1/s1. The highest BCUT2D eigenvalue weighted by Crippen LogP contribution is 2.34. The van der Waals surface area contributed by atoms with Crippen molar-refractivity contribution in [2.24, 2.45) is 0 Å². The van der Waals surface area contributed by atoms with Crippen LogP contribution in [0.25, 0.3) is 17.0 Å². The fraction of sp³-hybridized carbons (Fsp3) is 0.263. The lowest BCUT2D eigenvalue weighted by Gasteiger charge is -2.29. The second-order valence-electron chi connectivity index (χ2n) is 6.92. The molecule has 1 aromatic heterocycles. The van der Waals surface area contributed by atoms with Gasteiger partial charge in [-0.1, -0.05) is 38.1 Å². The van der Waals surface area contributed by atoms with E-state index in [9.17, 15) is 14.7 Å². The second-order valence-corrected chi connectivity index (χ2v) is 6.92. The van der Waals surface area contributed by atoms with Crippen LogP contribution in [0.3, 0.4) is 0 Å². The van der Waals surface area contributed by atoms with Crippen molar-refractivity contribution in [2.45, 2.75) is 31.9 Å². The van der Waals surface area contributed by atoms with Crippen LogP contribution in [0.4, 0.5) is 0 Å². The minimum Gasteiger partial charge on any atom is -0.363 e. The quantitative estimate of drug-likeness (QED) is 0.508. The maximum atomic E-state index is 12.3. The third-order valence-electron chi connectivity index (χ3n) is 4.48. The molecule has 1 aliphatic heterocycles. The number of para-hydroxylation sites is 1. The van der Waals surface area contributed by atoms with Gasteiger partial charge in [-0.3, -0.25) is 9.59 Å². The Morgan fingerprint density at radius 3 is 2.60 bits per heavy atom. The average molecular weight is 339 g/mol. The predicted octanol–water partition coefficient (Wildman–Crippen LogP) is 1.93. The van der Waals surface area contributed by atoms with E-state index in [4.69, 9.17) is 0 Å². The van der Waals surface area contributed by atoms with Crippen molar-refractivity contribution >= 4 is 28.8 Å². The fourth-order valence-electron chi connectivity index (χ4n) is 2.82. The monoisotopic (exact) mass is 339 g/mol. The van der Waals surface area contributed by atoms with Crippen LogP contribution < -0.4 is 10.6 Å². The first kappa shape index (κ1) is 17.0. The molecule has 1 aromatic carbocycles. The predicted molar refractivity (Wildman–Crippen MR) is 96.4 cm³/mol. The van der Waals surface area contributed by atoms with Crippen LogP contribution in [0.5, 0.6) is 0 Å². The Labute approximate surface area is 145 Å². The van der Waals surface area contributed by atoms with E-state index in [0.717, 1.165) is 22.2 Å². The zero-order valence-electron chi connectivity index (χ0n) is 14.4. The first-order chi connectivity index (χ1) is 11.7. The average Bonchev–Trinajstić information content (AvgIpc) is 2.92. The first-order valence-corrected chi connectivity index (χ1v) is 7.98. The van der Waals surface area contributed by atoms with Gasteiger partial charge in [-0.2, -0.15) is 0 Å². The molecule has 3 rings (SSSR count). The van der Waals surface area contributed by atoms with Gasteiger partial charge in [0.1, 0.15) is 5.70 Å². The molecule has 0 radical (unpaired) electrons. The summed E-state index contributed by atoms with van der Waals surface area (Å²) in [6, 6.07) is 7.73. The van der Waals surface area contributed by atoms with Gasteiger partial charge >= 0.3 is 0 Å². The van der Waals surface area contributed by atoms with Gasteiger partial charge in [0.2, 0.25) is 5.72 Å². The minimum absolute atomic E-state index is 0.0855. The number of piperazine rings is 1. The van der Waals surface area contributed by atoms with Gasteiger partial charge < -0.3 is 20.7 Å². The van der Waals surface area contributed by atoms with Crippen molar-refractivity contribution in [3.05, 3.63) is 53.9 Å². The molecule has 0 spiro atoms. The van der Waals surface area contributed by atoms with Crippen molar-refractivity contribution in [3.63, 3.8) is 0 Å². The summed E-state index contributed by atoms with van der Waals surface area (Å²) in [7, 11) is 0. The number of fused-ring (bicyclic) bond motifs is 1. The highest BCUT2D eigenvalue weighted by molar-refractivity contribution is 6.09. The molecular formula is C19H21N3O3. The fourth-order valence-corrected chi connectivity index (χ4v) is 2.82. The van der Waals surface area contributed by atoms with E-state index < -0.39 is 17.5 Å². The lowest BCUT2D eigenvalue weighted by Crippen LogP contribution is -2.62. The number of nitrogens with one attached hydrogen (secondary N) is 3. The van der Waals surface area contributed by atoms with Gasteiger partial charge in [0.15, 0.2) is 0 Å². The molecule has 1 fully saturated rings. The molecule has 130 valence electrons. The maximum absolute atomic E-state index is 12.3. The number of H-pyrrole nitrogens is 1. The Hall–Kier alpha value is -2.86. The third-order valence-corrected chi connectivity index (χ3v) is 4.48. The molecule has 1 atom stereocenters. The molecule has 0 unspecified atom stereocenters. The van der Waals surface area contributed by atoms with Crippen LogP contribution in [0, 0.1) is 0 Å². The Morgan fingerprint density at radius 2 is 1.92 bits per heavy atom. The summed E-state index contributed by atoms with van der Waals surface area (Å²) in [4.78, 5) is 27.6. The summed E-state index contributed by atoms with van der Waals surface area (Å²) in [5.74, 6) is -1.22. The first-order valence-electron chi connectivity index (χ1n) is 7.98. The number of aromatic nitrogens is 1. The zero-order chi connectivity index (χ0) is 18.4. The van der Waals surface area contributed by atoms with Crippen molar-refractivity contribution in [3.8, 4) is 0 Å². The molecule has 2 amide bonds. The van der Waals surface area contributed by atoms with Crippen LogP contribution in [0.1, 0.15) is 32.0 Å². The van der Waals surface area contributed by atoms with Gasteiger partial charge in [-0.05, 0) is 19.1 Å². The van der Waals surface area contributed by atoms with Gasteiger partial charge in [0.05, 0.1) is 0 Å². The number of hydrogen-bond acceptors (Lipinski definition) is 3. The van der Waals surface area contributed by atoms with E-state index in [1.54, 1.807) is 6.08 Å². The third kappa shape index (κ3) is 2.85. The summed E-state index contributed by atoms with van der Waals surface area (Å²) in [6.07, 6.45) is 3.45. The Balaban J connectivity index is 2.18. The van der Waals surface area contributed by atoms with E-state index in [-0.39, 0.29) is 11.1 Å². The number of aromatic amines is 1. The topological polar surface area (TPSA) is 94.2 Å². The largest absolute Gasteiger partial charge is 0.363 e. The van der Waals surface area contributed by atoms with Gasteiger partial charge in [0.25, 0.3) is 11.8 Å². The Kier molecular flexibility index (Phi) is 3.80. The molecule has 1 saturated heterocycles. The number of allylic oxidation sites excluding steroid dienone is 1. The lowest BCUT2D eigenvalue weighted by atomic mass is 9.86. The molecule has 2 aromatic rings. The van der Waals surface area contributed by atoms with E-state index >= 15 is 0 Å². The van der Waals surface area contributed by atoms with Crippen molar-refractivity contribution in [1.82, 2.24) is 15.6 Å². The van der Waals surface area contributed by atoms with E-state index in [1.807, 2.05) is 44.2 Å². The normalized spacial score (nSPS) is 22.8. The van der Waals surface area contributed by atoms with Crippen molar-refractivity contribution in [2.75, 3.05) is 0 Å². The zero-order valence-corrected chi connectivity index (χ0v) is 14.4. The van der Waals surface area contributed by atoms with E-state index in [1.165, 1.54) is 6.92 Å². The minimum atomic E-state index is -1.92.